The number of hydrogen-bond donors (Lipinski definition) is 2. The summed E-state index contributed by atoms with van der Waals surface area (Å²) in [5.41, 5.74) is 2.91. The molecule has 36 heavy (non-hydrogen) atoms. The van der Waals surface area contributed by atoms with E-state index in [1.54, 1.807) is 42.5 Å². The van der Waals surface area contributed by atoms with Crippen LogP contribution in [0, 0.1) is 6.92 Å². The Balaban J connectivity index is 1.75. The minimum absolute atomic E-state index is 0.0334. The van der Waals surface area contributed by atoms with Crippen LogP contribution in [-0.2, 0) is 20.0 Å². The average molecular weight is 544 g/mol. The lowest BCUT2D eigenvalue weighted by molar-refractivity contribution is 0.589. The number of nitrogens with zero attached hydrogens (tertiary/aromatic N) is 5. The number of hydrogen-bond acceptors (Lipinski definition) is 8. The summed E-state index contributed by atoms with van der Waals surface area (Å²) in [6.07, 6.45) is 3.92. The van der Waals surface area contributed by atoms with Crippen LogP contribution in [0.15, 0.2) is 65.8 Å². The molecule has 3 heterocycles. The normalized spacial score (nSPS) is 12.2. The van der Waals surface area contributed by atoms with Crippen molar-refractivity contribution in [1.29, 1.82) is 0 Å². The first-order valence-corrected chi connectivity index (χ1v) is 14.1. The molecule has 0 bridgehead atoms. The van der Waals surface area contributed by atoms with Crippen LogP contribution in [0.3, 0.4) is 0 Å². The van der Waals surface area contributed by atoms with E-state index in [0.29, 0.717) is 27.6 Å². The maximum Gasteiger partial charge on any atom is 0.268 e. The molecule has 184 valence electrons. The average Bonchev–Trinajstić information content (AvgIpc) is 3.50. The highest BCUT2D eigenvalue weighted by Gasteiger charge is 2.22. The highest BCUT2D eigenvalue weighted by Crippen LogP contribution is 2.36. The molecule has 2 aromatic carbocycles. The second kappa shape index (κ2) is 8.69. The third-order valence-corrected chi connectivity index (χ3v) is 8.00. The number of aryl methyl sites for hydroxylation is 1. The molecule has 0 fully saturated rings. The lowest BCUT2D eigenvalue weighted by Crippen LogP contribution is -2.12. The number of anilines is 1. The Morgan fingerprint density at radius 2 is 1.75 bits per heavy atom. The van der Waals surface area contributed by atoms with Crippen LogP contribution >= 0.6 is 11.6 Å². The Morgan fingerprint density at radius 1 is 1.00 bits per heavy atom. The van der Waals surface area contributed by atoms with Crippen molar-refractivity contribution in [3.63, 3.8) is 0 Å². The molecule has 5 aromatic rings. The molecule has 2 N–H and O–H groups in total. The van der Waals surface area contributed by atoms with Crippen molar-refractivity contribution >= 4 is 48.2 Å². The molecule has 0 saturated carbocycles. The Kier molecular flexibility index (Phi) is 5.77. The number of tetrazole rings is 1. The van der Waals surface area contributed by atoms with E-state index in [1.807, 2.05) is 6.92 Å². The van der Waals surface area contributed by atoms with Crippen LogP contribution in [0.2, 0.25) is 5.15 Å². The molecule has 3 aromatic heterocycles. The van der Waals surface area contributed by atoms with Crippen molar-refractivity contribution in [3.05, 3.63) is 71.6 Å². The van der Waals surface area contributed by atoms with Gasteiger partial charge in [-0.3, -0.25) is 4.72 Å². The summed E-state index contributed by atoms with van der Waals surface area (Å²) in [5, 5.41) is 14.7. The van der Waals surface area contributed by atoms with Crippen LogP contribution in [0.5, 0.6) is 0 Å². The van der Waals surface area contributed by atoms with Gasteiger partial charge in [-0.2, -0.15) is 5.21 Å². The fraction of sp³-hybridized carbons (Fsp3) is 0.0909. The van der Waals surface area contributed by atoms with Crippen molar-refractivity contribution in [1.82, 2.24) is 29.6 Å². The Bertz CT molecular complexity index is 1820. The van der Waals surface area contributed by atoms with Crippen molar-refractivity contribution < 1.29 is 16.8 Å². The molecule has 0 saturated heterocycles. The number of aromatic nitrogens is 6. The number of rotatable bonds is 6. The van der Waals surface area contributed by atoms with Crippen molar-refractivity contribution in [3.8, 4) is 22.5 Å². The fourth-order valence-corrected chi connectivity index (χ4v) is 5.86. The summed E-state index contributed by atoms with van der Waals surface area (Å²) in [6, 6.07) is 13.1. The molecule has 11 nitrogen and oxygen atoms in total. The fourth-order valence-electron chi connectivity index (χ4n) is 3.76. The first-order chi connectivity index (χ1) is 17.0. The summed E-state index contributed by atoms with van der Waals surface area (Å²) < 4.78 is 54.1. The number of sulfonamides is 1. The van der Waals surface area contributed by atoms with Gasteiger partial charge in [-0.05, 0) is 54.1 Å². The van der Waals surface area contributed by atoms with E-state index in [2.05, 4.69) is 30.3 Å². The van der Waals surface area contributed by atoms with Crippen molar-refractivity contribution in [2.24, 2.45) is 0 Å². The predicted molar refractivity (Wildman–Crippen MR) is 136 cm³/mol. The number of pyridine rings is 1. The van der Waals surface area contributed by atoms with Gasteiger partial charge in [-0.1, -0.05) is 29.3 Å². The Morgan fingerprint density at radius 3 is 2.42 bits per heavy atom. The van der Waals surface area contributed by atoms with E-state index in [4.69, 9.17) is 11.6 Å². The van der Waals surface area contributed by atoms with E-state index in [9.17, 15) is 16.8 Å². The van der Waals surface area contributed by atoms with Gasteiger partial charge < -0.3 is 0 Å². The first-order valence-electron chi connectivity index (χ1n) is 10.4. The van der Waals surface area contributed by atoms with Gasteiger partial charge in [0.1, 0.15) is 0 Å². The van der Waals surface area contributed by atoms with E-state index in [-0.39, 0.29) is 21.6 Å². The third-order valence-electron chi connectivity index (χ3n) is 5.40. The molecular weight excluding hydrogens is 526 g/mol. The van der Waals surface area contributed by atoms with E-state index < -0.39 is 20.0 Å². The number of benzene rings is 2. The van der Waals surface area contributed by atoms with Crippen molar-refractivity contribution in [2.75, 3.05) is 11.0 Å². The smallest absolute Gasteiger partial charge is 0.268 e. The SMILES string of the molecule is Cc1ccc(S(=O)(=O)n2ccc3c(-c4nn[nH]n4)cc(-c4cnc(Cl)c(NS(C)(=O)=O)c4)cc32)cc1. The van der Waals surface area contributed by atoms with Crippen LogP contribution in [0.25, 0.3) is 33.4 Å². The quantitative estimate of drug-likeness (QED) is 0.309. The topological polar surface area (TPSA) is 153 Å². The number of halogens is 1. The molecule has 0 aliphatic carbocycles. The molecule has 0 aliphatic rings. The summed E-state index contributed by atoms with van der Waals surface area (Å²) >= 11 is 6.09. The molecule has 0 radical (unpaired) electrons. The first kappa shape index (κ1) is 23.9. The summed E-state index contributed by atoms with van der Waals surface area (Å²) in [4.78, 5) is 4.22. The van der Waals surface area contributed by atoms with Gasteiger partial charge in [-0.25, -0.2) is 25.8 Å². The van der Waals surface area contributed by atoms with Crippen molar-refractivity contribution in [2.45, 2.75) is 11.8 Å². The molecule has 0 aliphatic heterocycles. The van der Waals surface area contributed by atoms with E-state index in [1.165, 1.54) is 22.4 Å². The van der Waals surface area contributed by atoms with Crippen LogP contribution in [0.4, 0.5) is 5.69 Å². The molecule has 5 rings (SSSR count). The zero-order chi connectivity index (χ0) is 25.7. The predicted octanol–water partition coefficient (Wildman–Crippen LogP) is 3.45. The highest BCUT2D eigenvalue weighted by molar-refractivity contribution is 7.92. The summed E-state index contributed by atoms with van der Waals surface area (Å²) in [7, 11) is -7.56. The molecular formula is C22H18ClN7O4S2. The number of aromatic amines is 1. The monoisotopic (exact) mass is 543 g/mol. The Hall–Kier alpha value is -3.81. The zero-order valence-corrected chi connectivity index (χ0v) is 21.2. The van der Waals surface area contributed by atoms with Gasteiger partial charge in [0.2, 0.25) is 15.8 Å². The van der Waals surface area contributed by atoms with E-state index in [0.717, 1.165) is 11.8 Å². The lowest BCUT2D eigenvalue weighted by atomic mass is 10.0. The number of H-pyrrole nitrogens is 1. The van der Waals surface area contributed by atoms with Crippen LogP contribution < -0.4 is 4.72 Å². The zero-order valence-electron chi connectivity index (χ0n) is 18.8. The van der Waals surface area contributed by atoms with Gasteiger partial charge in [0, 0.05) is 28.9 Å². The minimum atomic E-state index is -3.94. The molecule has 0 amide bonds. The standard InChI is InChI=1S/C22H18ClN7O4S2/c1-13-3-5-16(6-4-13)36(33,34)30-8-7-17-18(22-25-28-29-26-22)9-14(11-20(17)30)15-10-19(21(23)24-12-15)27-35(2,31)32/h3-12,27H,1-2H3,(H,25,26,28,29). The largest absolute Gasteiger partial charge is 0.281 e. The van der Waals surface area contributed by atoms with E-state index >= 15 is 0 Å². The summed E-state index contributed by atoms with van der Waals surface area (Å²) in [5.74, 6) is 0.253. The van der Waals surface area contributed by atoms with Gasteiger partial charge in [0.05, 0.1) is 22.4 Å². The van der Waals surface area contributed by atoms with Crippen LogP contribution in [-0.4, -0.2) is 52.7 Å². The third kappa shape index (κ3) is 4.43. The molecule has 14 heteroatoms. The Labute approximate surface area is 211 Å². The van der Waals surface area contributed by atoms with Crippen LogP contribution in [0.1, 0.15) is 5.56 Å². The van der Waals surface area contributed by atoms with Gasteiger partial charge >= 0.3 is 0 Å². The molecule has 0 spiro atoms. The maximum atomic E-state index is 13.5. The highest BCUT2D eigenvalue weighted by atomic mass is 35.5. The van der Waals surface area contributed by atoms with Gasteiger partial charge in [-0.15, -0.1) is 10.2 Å². The lowest BCUT2D eigenvalue weighted by Gasteiger charge is -2.12. The van der Waals surface area contributed by atoms with Gasteiger partial charge in [0.15, 0.2) is 5.15 Å². The number of fused-ring (bicyclic) bond motifs is 1. The minimum Gasteiger partial charge on any atom is -0.281 e. The second-order valence-corrected chi connectivity index (χ2v) is 12.0. The maximum absolute atomic E-state index is 13.5. The van der Waals surface area contributed by atoms with Gasteiger partial charge in [0.25, 0.3) is 10.0 Å². The summed E-state index contributed by atoms with van der Waals surface area (Å²) in [6.45, 7) is 1.87. The molecule has 0 atom stereocenters. The number of nitrogens with one attached hydrogen (secondary N) is 2. The second-order valence-electron chi connectivity index (χ2n) is 8.06. The molecule has 0 unspecified atom stereocenters.